The Morgan fingerprint density at radius 3 is 2.28 bits per heavy atom. The highest BCUT2D eigenvalue weighted by molar-refractivity contribution is 8.00. The maximum atomic E-state index is 13.8. The van der Waals surface area contributed by atoms with Crippen molar-refractivity contribution in [2.24, 2.45) is 0 Å². The lowest BCUT2D eigenvalue weighted by molar-refractivity contribution is -0.384. The van der Waals surface area contributed by atoms with Gasteiger partial charge >= 0.3 is 11.9 Å². The zero-order valence-electron chi connectivity index (χ0n) is 25.6. The molecule has 246 valence electrons. The molecule has 2 aromatic heterocycles. The second kappa shape index (κ2) is 15.4. The maximum Gasteiger partial charge on any atom is 0.348 e. The SMILES string of the molecule is CCOC(=O)c1sc(NC(=O)C(C)Sc2nnc(CNC(=O)c3ccc([N+](=O)[O-])cc3)n2-c2ccc(F)cc2)c(C(=O)OCC)c1C. The van der Waals surface area contributed by atoms with Crippen molar-refractivity contribution in [2.45, 2.75) is 44.6 Å². The molecular formula is C30H29FN6O8S2. The van der Waals surface area contributed by atoms with Crippen LogP contribution in [0.2, 0.25) is 0 Å². The third-order valence-electron chi connectivity index (χ3n) is 6.51. The molecule has 47 heavy (non-hydrogen) atoms. The van der Waals surface area contributed by atoms with E-state index in [1.165, 1.54) is 48.5 Å². The van der Waals surface area contributed by atoms with Crippen LogP contribution >= 0.6 is 23.1 Å². The quantitative estimate of drug-likeness (QED) is 0.0828. The molecule has 1 atom stereocenters. The maximum absolute atomic E-state index is 13.8. The number of thiophene rings is 1. The number of nitrogens with zero attached hydrogens (tertiary/aromatic N) is 4. The molecule has 4 aromatic rings. The highest BCUT2D eigenvalue weighted by Gasteiger charge is 2.29. The van der Waals surface area contributed by atoms with Crippen molar-refractivity contribution in [1.29, 1.82) is 0 Å². The Labute approximate surface area is 275 Å². The summed E-state index contributed by atoms with van der Waals surface area (Å²) in [4.78, 5) is 61.9. The predicted molar refractivity (Wildman–Crippen MR) is 171 cm³/mol. The van der Waals surface area contributed by atoms with Crippen LogP contribution in [0.5, 0.6) is 0 Å². The Morgan fingerprint density at radius 2 is 1.66 bits per heavy atom. The van der Waals surface area contributed by atoms with Gasteiger partial charge in [0.15, 0.2) is 11.0 Å². The van der Waals surface area contributed by atoms with E-state index in [-0.39, 0.29) is 57.4 Å². The monoisotopic (exact) mass is 684 g/mol. The lowest BCUT2D eigenvalue weighted by atomic mass is 10.1. The molecule has 0 fully saturated rings. The summed E-state index contributed by atoms with van der Waals surface area (Å²) in [5, 5.41) is 24.2. The molecule has 4 rings (SSSR count). The number of carbonyl (C=O) groups excluding carboxylic acids is 4. The Kier molecular flexibility index (Phi) is 11.4. The van der Waals surface area contributed by atoms with Gasteiger partial charge < -0.3 is 20.1 Å². The van der Waals surface area contributed by atoms with Crippen LogP contribution < -0.4 is 10.6 Å². The first-order valence-electron chi connectivity index (χ1n) is 14.1. The molecule has 0 radical (unpaired) electrons. The number of amides is 2. The fourth-order valence-corrected chi connectivity index (χ4v) is 6.18. The van der Waals surface area contributed by atoms with Crippen molar-refractivity contribution < 1.29 is 38.0 Å². The molecule has 17 heteroatoms. The van der Waals surface area contributed by atoms with E-state index in [0.29, 0.717) is 11.3 Å². The van der Waals surface area contributed by atoms with E-state index in [1.54, 1.807) is 32.3 Å². The smallest absolute Gasteiger partial charge is 0.348 e. The van der Waals surface area contributed by atoms with Crippen LogP contribution in [-0.2, 0) is 20.8 Å². The third kappa shape index (κ3) is 8.17. The Bertz CT molecular complexity index is 1810. The molecule has 14 nitrogen and oxygen atoms in total. The van der Waals surface area contributed by atoms with Crippen molar-refractivity contribution in [3.8, 4) is 5.69 Å². The summed E-state index contributed by atoms with van der Waals surface area (Å²) < 4.78 is 25.6. The number of esters is 2. The van der Waals surface area contributed by atoms with E-state index in [0.717, 1.165) is 23.1 Å². The van der Waals surface area contributed by atoms with Crippen molar-refractivity contribution in [3.05, 3.63) is 91.9 Å². The van der Waals surface area contributed by atoms with Crippen LogP contribution in [0.1, 0.15) is 62.5 Å². The van der Waals surface area contributed by atoms with E-state index in [1.807, 2.05) is 0 Å². The van der Waals surface area contributed by atoms with E-state index in [2.05, 4.69) is 20.8 Å². The van der Waals surface area contributed by atoms with Gasteiger partial charge in [-0.3, -0.25) is 24.3 Å². The van der Waals surface area contributed by atoms with E-state index in [9.17, 15) is 33.7 Å². The summed E-state index contributed by atoms with van der Waals surface area (Å²) >= 11 is 1.90. The lowest BCUT2D eigenvalue weighted by Gasteiger charge is -2.14. The van der Waals surface area contributed by atoms with E-state index >= 15 is 0 Å². The number of nitro benzene ring substituents is 1. The van der Waals surface area contributed by atoms with E-state index < -0.39 is 39.7 Å². The number of thioether (sulfide) groups is 1. The molecule has 0 saturated heterocycles. The number of hydrogen-bond acceptors (Lipinski definition) is 12. The fraction of sp³-hybridized carbons (Fsp3) is 0.267. The molecule has 0 spiro atoms. The number of anilines is 1. The first-order chi connectivity index (χ1) is 22.4. The molecular weight excluding hydrogens is 655 g/mol. The molecule has 0 aliphatic rings. The van der Waals surface area contributed by atoms with Gasteiger partial charge in [0.2, 0.25) is 5.91 Å². The van der Waals surface area contributed by atoms with Gasteiger partial charge in [-0.15, -0.1) is 21.5 Å². The van der Waals surface area contributed by atoms with Crippen LogP contribution in [0.4, 0.5) is 15.1 Å². The molecule has 2 aromatic carbocycles. The summed E-state index contributed by atoms with van der Waals surface area (Å²) in [5.74, 6) is -2.63. The Hall–Kier alpha value is -5.16. The van der Waals surface area contributed by atoms with Crippen LogP contribution in [-0.4, -0.2) is 61.9 Å². The van der Waals surface area contributed by atoms with Crippen molar-refractivity contribution >= 4 is 57.5 Å². The van der Waals surface area contributed by atoms with Gasteiger partial charge in [-0.05, 0) is 69.7 Å². The minimum atomic E-state index is -0.829. The molecule has 0 aliphatic carbocycles. The number of carbonyl (C=O) groups is 4. The number of non-ortho nitro benzene ring substituents is 1. The van der Waals surface area contributed by atoms with Crippen molar-refractivity contribution in [2.75, 3.05) is 18.5 Å². The average Bonchev–Trinajstić information content (AvgIpc) is 3.60. The standard InChI is InChI=1S/C30H29FN6O8S2/c1-5-44-28(40)23-16(3)24(29(41)45-6-2)47-27(23)33-25(38)17(4)46-30-35-34-22(36(30)20-13-9-19(31)10-14-20)15-32-26(39)18-7-11-21(12-8-18)37(42)43/h7-14,17H,5-6,15H2,1-4H3,(H,32,39)(H,33,38). The molecule has 0 aliphatic heterocycles. The first-order valence-corrected chi connectivity index (χ1v) is 15.8. The summed E-state index contributed by atoms with van der Waals surface area (Å²) in [6, 6.07) is 10.5. The highest BCUT2D eigenvalue weighted by atomic mass is 32.2. The number of ether oxygens (including phenoxy) is 2. The first kappa shape index (κ1) is 34.7. The van der Waals surface area contributed by atoms with Crippen molar-refractivity contribution in [3.63, 3.8) is 0 Å². The molecule has 2 amide bonds. The summed E-state index contributed by atoms with van der Waals surface area (Å²) in [6.45, 7) is 6.52. The van der Waals surface area contributed by atoms with Gasteiger partial charge in [-0.1, -0.05) is 11.8 Å². The molecule has 1 unspecified atom stereocenters. The number of aromatic nitrogens is 3. The van der Waals surface area contributed by atoms with Gasteiger partial charge in [0.05, 0.1) is 35.5 Å². The molecule has 0 saturated carbocycles. The molecule has 2 heterocycles. The minimum Gasteiger partial charge on any atom is -0.462 e. The van der Waals surface area contributed by atoms with Gasteiger partial charge in [0, 0.05) is 23.4 Å². The Balaban J connectivity index is 1.57. The summed E-state index contributed by atoms with van der Waals surface area (Å²) in [5.41, 5.74) is 0.831. The summed E-state index contributed by atoms with van der Waals surface area (Å²) in [6.07, 6.45) is 0. The predicted octanol–water partition coefficient (Wildman–Crippen LogP) is 5.09. The number of benzene rings is 2. The number of nitro groups is 1. The second-order valence-electron chi connectivity index (χ2n) is 9.65. The number of nitrogens with one attached hydrogen (secondary N) is 2. The second-order valence-corrected chi connectivity index (χ2v) is 12.0. The largest absolute Gasteiger partial charge is 0.462 e. The van der Waals surface area contributed by atoms with Gasteiger partial charge in [0.1, 0.15) is 15.7 Å². The van der Waals surface area contributed by atoms with Crippen LogP contribution in [0, 0.1) is 22.9 Å². The zero-order valence-corrected chi connectivity index (χ0v) is 27.2. The number of halogens is 1. The van der Waals surface area contributed by atoms with Crippen molar-refractivity contribution in [1.82, 2.24) is 20.1 Å². The Morgan fingerprint density at radius 1 is 1.02 bits per heavy atom. The van der Waals surface area contributed by atoms with Crippen LogP contribution in [0.25, 0.3) is 5.69 Å². The van der Waals surface area contributed by atoms with E-state index in [4.69, 9.17) is 9.47 Å². The number of rotatable bonds is 13. The lowest BCUT2D eigenvalue weighted by Crippen LogP contribution is -2.25. The van der Waals surface area contributed by atoms with Gasteiger partial charge in [-0.25, -0.2) is 14.0 Å². The van der Waals surface area contributed by atoms with Crippen LogP contribution in [0.3, 0.4) is 0 Å². The van der Waals surface area contributed by atoms with Gasteiger partial charge in [0.25, 0.3) is 11.6 Å². The average molecular weight is 685 g/mol. The minimum absolute atomic E-state index is 0.0472. The topological polar surface area (TPSA) is 185 Å². The number of hydrogen-bond donors (Lipinski definition) is 2. The third-order valence-corrected chi connectivity index (χ3v) is 8.74. The molecule has 0 bridgehead atoms. The summed E-state index contributed by atoms with van der Waals surface area (Å²) in [7, 11) is 0. The highest BCUT2D eigenvalue weighted by Crippen LogP contribution is 2.35. The normalized spacial score (nSPS) is 11.4. The fourth-order valence-electron chi connectivity index (χ4n) is 4.20. The van der Waals surface area contributed by atoms with Gasteiger partial charge in [-0.2, -0.15) is 0 Å². The molecule has 2 N–H and O–H groups in total. The zero-order chi connectivity index (χ0) is 34.2. The van der Waals surface area contributed by atoms with Crippen LogP contribution in [0.15, 0.2) is 53.7 Å².